The highest BCUT2D eigenvalue weighted by molar-refractivity contribution is 7.08. The number of nitrogens with one attached hydrogen (secondary N) is 1. The van der Waals surface area contributed by atoms with E-state index in [1.807, 2.05) is 0 Å². The van der Waals surface area contributed by atoms with Crippen LogP contribution in [0.2, 0.25) is 0 Å². The number of halogens is 1. The van der Waals surface area contributed by atoms with Gasteiger partial charge in [-0.05, 0) is 65.0 Å². The van der Waals surface area contributed by atoms with E-state index >= 15 is 0 Å². The Morgan fingerprint density at radius 1 is 0.962 bits per heavy atom. The summed E-state index contributed by atoms with van der Waals surface area (Å²) >= 11 is 1.75. The van der Waals surface area contributed by atoms with Crippen LogP contribution in [0.15, 0.2) is 71.4 Å². The molecule has 0 amide bonds. The Kier molecular flexibility index (Phi) is 6.73. The lowest BCUT2D eigenvalue weighted by molar-refractivity contribution is 0.277. The van der Waals surface area contributed by atoms with Crippen molar-refractivity contribution < 1.29 is 4.74 Å². The van der Waals surface area contributed by atoms with Crippen LogP contribution in [0, 0.1) is 0 Å². The molecule has 0 aliphatic carbocycles. The molecule has 4 heteroatoms. The number of ether oxygens (including phenoxy) is 1. The first-order valence-electron chi connectivity index (χ1n) is 8.93. The fraction of sp³-hybridized carbons (Fsp3) is 0.273. The first-order valence-corrected chi connectivity index (χ1v) is 9.87. The second kappa shape index (κ2) is 9.22. The zero-order valence-corrected chi connectivity index (χ0v) is 16.3. The van der Waals surface area contributed by atoms with Crippen LogP contribution in [0.25, 0.3) is 0 Å². The largest absolute Gasteiger partial charge is 0.492 e. The molecule has 1 aliphatic rings. The van der Waals surface area contributed by atoms with Crippen molar-refractivity contribution in [3.05, 3.63) is 88.1 Å². The van der Waals surface area contributed by atoms with E-state index in [1.54, 1.807) is 11.3 Å². The number of thiophene rings is 1. The number of rotatable bonds is 6. The van der Waals surface area contributed by atoms with E-state index in [-0.39, 0.29) is 18.3 Å². The van der Waals surface area contributed by atoms with Crippen molar-refractivity contribution in [2.24, 2.45) is 0 Å². The molecule has 2 aromatic carbocycles. The Balaban J connectivity index is 0.00000196. The highest BCUT2D eigenvalue weighted by atomic mass is 35.5. The summed E-state index contributed by atoms with van der Waals surface area (Å²) in [5, 5.41) is 7.87. The molecule has 0 radical (unpaired) electrons. The minimum Gasteiger partial charge on any atom is -0.492 e. The normalized spacial score (nSPS) is 17.5. The highest BCUT2D eigenvalue weighted by Gasteiger charge is 2.18. The fourth-order valence-electron chi connectivity index (χ4n) is 3.51. The van der Waals surface area contributed by atoms with Crippen LogP contribution in [0.1, 0.15) is 35.4 Å². The predicted octanol–water partition coefficient (Wildman–Crippen LogP) is 5.48. The van der Waals surface area contributed by atoms with Crippen LogP contribution in [0.4, 0.5) is 0 Å². The summed E-state index contributed by atoms with van der Waals surface area (Å²) in [5.74, 6) is 1.23. The second-order valence-electron chi connectivity index (χ2n) is 6.57. The van der Waals surface area contributed by atoms with Crippen molar-refractivity contribution in [3.63, 3.8) is 0 Å². The van der Waals surface area contributed by atoms with E-state index in [1.165, 1.54) is 29.5 Å². The van der Waals surface area contributed by atoms with Gasteiger partial charge in [-0.25, -0.2) is 0 Å². The van der Waals surface area contributed by atoms with Gasteiger partial charge in [0.05, 0.1) is 0 Å². The summed E-state index contributed by atoms with van der Waals surface area (Å²) in [6.07, 6.45) is 2.47. The maximum absolute atomic E-state index is 5.96. The van der Waals surface area contributed by atoms with E-state index in [9.17, 15) is 0 Å². The zero-order chi connectivity index (χ0) is 16.9. The van der Waals surface area contributed by atoms with Crippen LogP contribution in [-0.4, -0.2) is 19.2 Å². The maximum atomic E-state index is 5.96. The molecule has 2 heterocycles. The van der Waals surface area contributed by atoms with Gasteiger partial charge in [-0.3, -0.25) is 0 Å². The first kappa shape index (κ1) is 19.0. The molecule has 136 valence electrons. The molecule has 1 N–H and O–H groups in total. The molecule has 1 aromatic heterocycles. The molecule has 4 rings (SSSR count). The van der Waals surface area contributed by atoms with Gasteiger partial charge < -0.3 is 10.1 Å². The van der Waals surface area contributed by atoms with E-state index in [0.717, 1.165) is 18.9 Å². The summed E-state index contributed by atoms with van der Waals surface area (Å²) < 4.78 is 5.96. The summed E-state index contributed by atoms with van der Waals surface area (Å²) in [5.41, 5.74) is 3.97. The predicted molar refractivity (Wildman–Crippen MR) is 112 cm³/mol. The Bertz CT molecular complexity index is 768. The quantitative estimate of drug-likeness (QED) is 0.606. The highest BCUT2D eigenvalue weighted by Crippen LogP contribution is 2.33. The van der Waals surface area contributed by atoms with Crippen LogP contribution in [0.5, 0.6) is 5.75 Å². The topological polar surface area (TPSA) is 21.3 Å². The van der Waals surface area contributed by atoms with E-state index < -0.39 is 0 Å². The van der Waals surface area contributed by atoms with Gasteiger partial charge in [0.2, 0.25) is 0 Å². The molecule has 26 heavy (non-hydrogen) atoms. The van der Waals surface area contributed by atoms with Crippen molar-refractivity contribution in [2.45, 2.75) is 24.8 Å². The fourth-order valence-corrected chi connectivity index (χ4v) is 4.20. The Labute approximate surface area is 165 Å². The molecule has 0 spiro atoms. The van der Waals surface area contributed by atoms with Gasteiger partial charge in [0.1, 0.15) is 12.4 Å². The molecule has 0 bridgehead atoms. The average molecular weight is 386 g/mol. The van der Waals surface area contributed by atoms with Gasteiger partial charge in [-0.1, -0.05) is 42.5 Å². The molecular formula is C22H24ClNOS. The first-order chi connectivity index (χ1) is 12.4. The monoisotopic (exact) mass is 385 g/mol. The lowest BCUT2D eigenvalue weighted by Crippen LogP contribution is -2.28. The summed E-state index contributed by atoms with van der Waals surface area (Å²) in [6.45, 7) is 1.87. The van der Waals surface area contributed by atoms with Gasteiger partial charge >= 0.3 is 0 Å². The second-order valence-corrected chi connectivity index (χ2v) is 7.35. The number of hydrogen-bond donors (Lipinski definition) is 1. The van der Waals surface area contributed by atoms with Crippen molar-refractivity contribution >= 4 is 23.7 Å². The van der Waals surface area contributed by atoms with Gasteiger partial charge in [0.15, 0.2) is 0 Å². The molecule has 0 saturated carbocycles. The van der Waals surface area contributed by atoms with Gasteiger partial charge in [0, 0.05) is 12.0 Å². The summed E-state index contributed by atoms with van der Waals surface area (Å²) in [7, 11) is 0. The minimum atomic E-state index is 0. The summed E-state index contributed by atoms with van der Waals surface area (Å²) in [4.78, 5) is 0. The average Bonchev–Trinajstić information content (AvgIpc) is 3.36. The molecule has 2 unspecified atom stereocenters. The van der Waals surface area contributed by atoms with E-state index in [2.05, 4.69) is 76.7 Å². The lowest BCUT2D eigenvalue weighted by Gasteiger charge is -2.18. The third kappa shape index (κ3) is 4.47. The SMILES string of the molecule is Cl.c1ccc(C(c2ccc(OCC3CCCN3)cc2)c2ccsc2)cc1. The lowest BCUT2D eigenvalue weighted by atomic mass is 9.87. The standard InChI is InChI=1S/C22H23NOS.ClH/c1-2-5-17(6-3-1)22(19-12-14-25-16-19)18-8-10-21(11-9-18)24-15-20-7-4-13-23-20;/h1-3,5-6,8-12,14,16,20,22-23H,4,7,13,15H2;1H. The molecule has 1 saturated heterocycles. The molecule has 3 aromatic rings. The zero-order valence-electron chi connectivity index (χ0n) is 14.6. The van der Waals surface area contributed by atoms with Crippen molar-refractivity contribution in [1.82, 2.24) is 5.32 Å². The van der Waals surface area contributed by atoms with Gasteiger partial charge in [-0.2, -0.15) is 11.3 Å². The third-order valence-corrected chi connectivity index (χ3v) is 5.54. The van der Waals surface area contributed by atoms with Crippen LogP contribution < -0.4 is 10.1 Å². The Morgan fingerprint density at radius 3 is 2.38 bits per heavy atom. The number of hydrogen-bond acceptors (Lipinski definition) is 3. The van der Waals surface area contributed by atoms with Crippen molar-refractivity contribution in [3.8, 4) is 5.75 Å². The van der Waals surface area contributed by atoms with E-state index in [0.29, 0.717) is 6.04 Å². The van der Waals surface area contributed by atoms with Crippen molar-refractivity contribution in [1.29, 1.82) is 0 Å². The Morgan fingerprint density at radius 2 is 1.73 bits per heavy atom. The van der Waals surface area contributed by atoms with Crippen LogP contribution in [0.3, 0.4) is 0 Å². The summed E-state index contributed by atoms with van der Waals surface area (Å²) in [6, 6.07) is 22.0. The third-order valence-electron chi connectivity index (χ3n) is 4.84. The van der Waals surface area contributed by atoms with Gasteiger partial charge in [0.25, 0.3) is 0 Å². The van der Waals surface area contributed by atoms with Crippen LogP contribution >= 0.6 is 23.7 Å². The molecular weight excluding hydrogens is 362 g/mol. The molecule has 1 aliphatic heterocycles. The minimum absolute atomic E-state index is 0. The molecule has 1 fully saturated rings. The maximum Gasteiger partial charge on any atom is 0.119 e. The van der Waals surface area contributed by atoms with Gasteiger partial charge in [-0.15, -0.1) is 12.4 Å². The van der Waals surface area contributed by atoms with Crippen LogP contribution in [-0.2, 0) is 0 Å². The molecule has 2 nitrogen and oxygen atoms in total. The Hall–Kier alpha value is -1.81. The van der Waals surface area contributed by atoms with E-state index in [4.69, 9.17) is 4.74 Å². The number of benzene rings is 2. The molecule has 2 atom stereocenters. The smallest absolute Gasteiger partial charge is 0.119 e. The van der Waals surface area contributed by atoms with Crippen molar-refractivity contribution in [2.75, 3.05) is 13.2 Å².